The van der Waals surface area contributed by atoms with Gasteiger partial charge in [0.25, 0.3) is 5.91 Å². The molecule has 2 aromatic rings. The van der Waals surface area contributed by atoms with E-state index in [-0.39, 0.29) is 17.9 Å². The van der Waals surface area contributed by atoms with Crippen molar-refractivity contribution in [1.29, 1.82) is 5.26 Å². The van der Waals surface area contributed by atoms with Crippen molar-refractivity contribution in [3.05, 3.63) is 52.3 Å². The highest BCUT2D eigenvalue weighted by atomic mass is 16.5. The van der Waals surface area contributed by atoms with Gasteiger partial charge in [-0.25, -0.2) is 9.59 Å². The number of hydrogen-bond donors (Lipinski definition) is 2. The van der Waals surface area contributed by atoms with Crippen LogP contribution in [-0.2, 0) is 14.3 Å². The number of nitriles is 1. The molecule has 1 aromatic heterocycles. The second kappa shape index (κ2) is 8.86. The molecule has 8 nitrogen and oxygen atoms in total. The molecular formula is C20H21N3O5. The van der Waals surface area contributed by atoms with E-state index in [1.54, 1.807) is 45.0 Å². The second-order valence-electron chi connectivity index (χ2n) is 6.04. The molecule has 1 amide bonds. The van der Waals surface area contributed by atoms with Gasteiger partial charge in [-0.2, -0.15) is 5.26 Å². The quantitative estimate of drug-likeness (QED) is 0.740. The predicted molar refractivity (Wildman–Crippen MR) is 101 cm³/mol. The van der Waals surface area contributed by atoms with Gasteiger partial charge in [0.15, 0.2) is 6.10 Å². The maximum Gasteiger partial charge on any atom is 0.355 e. The maximum absolute atomic E-state index is 12.5. The molecule has 8 heteroatoms. The number of aromatic nitrogens is 1. The number of carbonyl (C=O) groups is 3. The first-order valence-corrected chi connectivity index (χ1v) is 8.67. The van der Waals surface area contributed by atoms with Crippen LogP contribution in [0.25, 0.3) is 0 Å². The molecule has 0 radical (unpaired) electrons. The first-order valence-electron chi connectivity index (χ1n) is 8.67. The summed E-state index contributed by atoms with van der Waals surface area (Å²) in [5, 5.41) is 11.6. The number of amides is 1. The number of H-pyrrole nitrogens is 1. The lowest BCUT2D eigenvalue weighted by atomic mass is 10.1. The van der Waals surface area contributed by atoms with Gasteiger partial charge in [-0.15, -0.1) is 0 Å². The predicted octanol–water partition coefficient (Wildman–Crippen LogP) is 2.86. The van der Waals surface area contributed by atoms with Gasteiger partial charge in [-0.1, -0.05) is 12.1 Å². The Labute approximate surface area is 162 Å². The summed E-state index contributed by atoms with van der Waals surface area (Å²) in [7, 11) is 0. The lowest BCUT2D eigenvalue weighted by Crippen LogP contribution is -2.30. The number of rotatable bonds is 6. The van der Waals surface area contributed by atoms with Crippen molar-refractivity contribution >= 4 is 23.5 Å². The zero-order chi connectivity index (χ0) is 20.8. The summed E-state index contributed by atoms with van der Waals surface area (Å²) in [6, 6.07) is 8.47. The standard InChI is InChI=1S/C20H21N3O5/c1-5-27-19(25)16-11(2)17(22-12(16)3)20(26)28-13(4)18(24)23-15-9-7-6-8-14(15)10-21/h6-9,13,22H,5H2,1-4H3,(H,23,24). The van der Waals surface area contributed by atoms with Crippen LogP contribution in [0.2, 0.25) is 0 Å². The SMILES string of the molecule is CCOC(=O)c1c(C)[nH]c(C(=O)OC(C)C(=O)Nc2ccccc2C#N)c1C. The minimum Gasteiger partial charge on any atom is -0.462 e. The molecule has 1 atom stereocenters. The number of ether oxygens (including phenoxy) is 2. The molecule has 1 heterocycles. The first kappa shape index (κ1) is 20.7. The molecule has 1 aromatic carbocycles. The largest absolute Gasteiger partial charge is 0.462 e. The van der Waals surface area contributed by atoms with Gasteiger partial charge < -0.3 is 19.8 Å². The van der Waals surface area contributed by atoms with E-state index >= 15 is 0 Å². The van der Waals surface area contributed by atoms with Crippen molar-refractivity contribution in [3.63, 3.8) is 0 Å². The molecule has 0 aliphatic rings. The van der Waals surface area contributed by atoms with Gasteiger partial charge >= 0.3 is 11.9 Å². The molecule has 0 aliphatic carbocycles. The van der Waals surface area contributed by atoms with Crippen LogP contribution in [0.3, 0.4) is 0 Å². The smallest absolute Gasteiger partial charge is 0.355 e. The van der Waals surface area contributed by atoms with Crippen molar-refractivity contribution in [1.82, 2.24) is 4.98 Å². The fourth-order valence-corrected chi connectivity index (χ4v) is 2.66. The molecular weight excluding hydrogens is 362 g/mol. The van der Waals surface area contributed by atoms with Crippen LogP contribution in [0.1, 0.15) is 51.5 Å². The van der Waals surface area contributed by atoms with E-state index in [1.807, 2.05) is 6.07 Å². The summed E-state index contributed by atoms with van der Waals surface area (Å²) in [5.74, 6) is -1.89. The molecule has 0 saturated heterocycles. The third-order valence-electron chi connectivity index (χ3n) is 4.08. The van der Waals surface area contributed by atoms with Crippen molar-refractivity contribution in [2.75, 3.05) is 11.9 Å². The number of aryl methyl sites for hydroxylation is 1. The average molecular weight is 383 g/mol. The van der Waals surface area contributed by atoms with Gasteiger partial charge in [0.2, 0.25) is 0 Å². The number of carbonyl (C=O) groups excluding carboxylic acids is 3. The van der Waals surface area contributed by atoms with Crippen LogP contribution in [0, 0.1) is 25.2 Å². The van der Waals surface area contributed by atoms with Crippen LogP contribution in [0.4, 0.5) is 5.69 Å². The van der Waals surface area contributed by atoms with Crippen LogP contribution in [0.15, 0.2) is 24.3 Å². The number of para-hydroxylation sites is 1. The Morgan fingerprint density at radius 2 is 1.89 bits per heavy atom. The fraction of sp³-hybridized carbons (Fsp3) is 0.300. The minimum absolute atomic E-state index is 0.0811. The van der Waals surface area contributed by atoms with Crippen molar-refractivity contribution in [3.8, 4) is 6.07 Å². The van der Waals surface area contributed by atoms with E-state index in [4.69, 9.17) is 14.7 Å². The fourth-order valence-electron chi connectivity index (χ4n) is 2.66. The third-order valence-corrected chi connectivity index (χ3v) is 4.08. The summed E-state index contributed by atoms with van der Waals surface area (Å²) in [6.07, 6.45) is -1.12. The molecule has 2 rings (SSSR count). The normalized spacial score (nSPS) is 11.2. The van der Waals surface area contributed by atoms with E-state index in [0.29, 0.717) is 22.5 Å². The van der Waals surface area contributed by atoms with E-state index in [9.17, 15) is 14.4 Å². The highest BCUT2D eigenvalue weighted by molar-refractivity contribution is 6.00. The molecule has 0 saturated carbocycles. The maximum atomic E-state index is 12.5. The summed E-state index contributed by atoms with van der Waals surface area (Å²) < 4.78 is 10.2. The van der Waals surface area contributed by atoms with Gasteiger partial charge in [-0.05, 0) is 45.4 Å². The number of esters is 2. The van der Waals surface area contributed by atoms with E-state index < -0.39 is 23.9 Å². The summed E-state index contributed by atoms with van der Waals surface area (Å²) in [5.41, 5.74) is 1.84. The Morgan fingerprint density at radius 3 is 2.54 bits per heavy atom. The molecule has 1 unspecified atom stereocenters. The molecule has 146 valence electrons. The number of hydrogen-bond acceptors (Lipinski definition) is 6. The number of aromatic amines is 1. The molecule has 0 spiro atoms. The number of anilines is 1. The second-order valence-corrected chi connectivity index (χ2v) is 6.04. The summed E-state index contributed by atoms with van der Waals surface area (Å²) in [6.45, 7) is 6.56. The lowest BCUT2D eigenvalue weighted by molar-refractivity contribution is -0.123. The van der Waals surface area contributed by atoms with E-state index in [2.05, 4.69) is 10.3 Å². The number of benzene rings is 1. The molecule has 28 heavy (non-hydrogen) atoms. The average Bonchev–Trinajstić information content (AvgIpc) is 2.96. The van der Waals surface area contributed by atoms with Gasteiger partial charge in [-0.3, -0.25) is 4.79 Å². The van der Waals surface area contributed by atoms with Crippen LogP contribution >= 0.6 is 0 Å². The van der Waals surface area contributed by atoms with E-state index in [1.165, 1.54) is 6.92 Å². The Balaban J connectivity index is 2.12. The third kappa shape index (κ3) is 4.38. The topological polar surface area (TPSA) is 121 Å². The number of nitrogens with one attached hydrogen (secondary N) is 2. The number of nitrogens with zero attached hydrogens (tertiary/aromatic N) is 1. The Hall–Kier alpha value is -3.60. The zero-order valence-electron chi connectivity index (χ0n) is 16.1. The molecule has 2 N–H and O–H groups in total. The Bertz CT molecular complexity index is 955. The first-order chi connectivity index (χ1) is 13.3. The molecule has 0 fully saturated rings. The van der Waals surface area contributed by atoms with Crippen molar-refractivity contribution in [2.24, 2.45) is 0 Å². The van der Waals surface area contributed by atoms with Gasteiger partial charge in [0.1, 0.15) is 11.8 Å². The summed E-state index contributed by atoms with van der Waals surface area (Å²) >= 11 is 0. The van der Waals surface area contributed by atoms with E-state index in [0.717, 1.165) is 0 Å². The van der Waals surface area contributed by atoms with Crippen molar-refractivity contribution in [2.45, 2.75) is 33.8 Å². The van der Waals surface area contributed by atoms with Gasteiger partial charge in [0.05, 0.1) is 23.4 Å². The monoisotopic (exact) mass is 383 g/mol. The van der Waals surface area contributed by atoms with Crippen LogP contribution < -0.4 is 5.32 Å². The van der Waals surface area contributed by atoms with Crippen molar-refractivity contribution < 1.29 is 23.9 Å². The molecule has 0 bridgehead atoms. The zero-order valence-corrected chi connectivity index (χ0v) is 16.1. The highest BCUT2D eigenvalue weighted by Gasteiger charge is 2.26. The van der Waals surface area contributed by atoms with Gasteiger partial charge in [0, 0.05) is 5.69 Å². The van der Waals surface area contributed by atoms with Crippen LogP contribution in [0.5, 0.6) is 0 Å². The summed E-state index contributed by atoms with van der Waals surface area (Å²) in [4.78, 5) is 39.6. The minimum atomic E-state index is -1.12. The van der Waals surface area contributed by atoms with Crippen LogP contribution in [-0.4, -0.2) is 35.5 Å². The highest BCUT2D eigenvalue weighted by Crippen LogP contribution is 2.21. The Morgan fingerprint density at radius 1 is 1.21 bits per heavy atom. The Kier molecular flexibility index (Phi) is 6.55. The molecule has 0 aliphatic heterocycles. The lowest BCUT2D eigenvalue weighted by Gasteiger charge is -2.14.